The van der Waals surface area contributed by atoms with Crippen LogP contribution >= 0.6 is 11.3 Å². The van der Waals surface area contributed by atoms with Crippen molar-refractivity contribution in [3.8, 4) is 10.4 Å². The average Bonchev–Trinajstić information content (AvgIpc) is 2.78. The fraction of sp³-hybridized carbons (Fsp3) is 0. The third kappa shape index (κ3) is 2.02. The molecule has 0 unspecified atom stereocenters. The molecule has 0 atom stereocenters. The van der Waals surface area contributed by atoms with Gasteiger partial charge in [-0.15, -0.1) is 11.3 Å². The lowest BCUT2D eigenvalue weighted by atomic mass is 10.1. The van der Waals surface area contributed by atoms with Gasteiger partial charge in [-0.25, -0.2) is 0 Å². The molecule has 2 nitrogen and oxygen atoms in total. The van der Waals surface area contributed by atoms with Crippen molar-refractivity contribution in [2.75, 3.05) is 0 Å². The van der Waals surface area contributed by atoms with Gasteiger partial charge in [0.2, 0.25) is 0 Å². The van der Waals surface area contributed by atoms with Gasteiger partial charge in [-0.2, -0.15) is 0 Å². The SMILES string of the molecule is O=Cc1ccc(-c2ccc(C=O)s2)cc1. The lowest BCUT2D eigenvalue weighted by Crippen LogP contribution is -1.78. The zero-order chi connectivity index (χ0) is 10.7. The number of hydrogen-bond acceptors (Lipinski definition) is 3. The van der Waals surface area contributed by atoms with Crippen LogP contribution in [0.4, 0.5) is 0 Å². The Bertz CT molecular complexity index is 483. The predicted octanol–water partition coefficient (Wildman–Crippen LogP) is 3.04. The molecule has 0 N–H and O–H groups in total. The second kappa shape index (κ2) is 4.19. The van der Waals surface area contributed by atoms with Crippen molar-refractivity contribution in [1.82, 2.24) is 0 Å². The number of aldehydes is 2. The number of benzene rings is 1. The molecule has 2 aromatic rings. The van der Waals surface area contributed by atoms with Gasteiger partial charge in [-0.05, 0) is 17.7 Å². The van der Waals surface area contributed by atoms with E-state index in [1.807, 2.05) is 18.2 Å². The smallest absolute Gasteiger partial charge is 0.160 e. The molecule has 0 radical (unpaired) electrons. The Hall–Kier alpha value is -1.74. The molecule has 0 spiro atoms. The molecule has 0 aliphatic rings. The Morgan fingerprint density at radius 1 is 0.867 bits per heavy atom. The molecule has 0 amide bonds. The summed E-state index contributed by atoms with van der Waals surface area (Å²) in [5, 5.41) is 0. The van der Waals surface area contributed by atoms with Gasteiger partial charge in [0.15, 0.2) is 6.29 Å². The van der Waals surface area contributed by atoms with Crippen molar-refractivity contribution in [2.24, 2.45) is 0 Å². The van der Waals surface area contributed by atoms with E-state index in [1.165, 1.54) is 11.3 Å². The summed E-state index contributed by atoms with van der Waals surface area (Å²) in [6, 6.07) is 11.0. The first-order valence-corrected chi connectivity index (χ1v) is 5.26. The standard InChI is InChI=1S/C12H8O2S/c13-7-9-1-3-10(4-2-9)12-6-5-11(8-14)15-12/h1-8H. The van der Waals surface area contributed by atoms with Crippen LogP contribution in [0.3, 0.4) is 0 Å². The fourth-order valence-electron chi connectivity index (χ4n) is 1.30. The second-order valence-corrected chi connectivity index (χ2v) is 4.18. The van der Waals surface area contributed by atoms with E-state index in [9.17, 15) is 9.59 Å². The van der Waals surface area contributed by atoms with Gasteiger partial charge in [-0.1, -0.05) is 24.3 Å². The molecule has 0 saturated heterocycles. The predicted molar refractivity (Wildman–Crippen MR) is 60.5 cm³/mol. The van der Waals surface area contributed by atoms with Crippen LogP contribution in [0.25, 0.3) is 10.4 Å². The second-order valence-electron chi connectivity index (χ2n) is 3.06. The Balaban J connectivity index is 2.36. The summed E-state index contributed by atoms with van der Waals surface area (Å²) in [6.07, 6.45) is 1.66. The molecule has 1 aromatic carbocycles. The van der Waals surface area contributed by atoms with E-state index < -0.39 is 0 Å². The summed E-state index contributed by atoms with van der Waals surface area (Å²) in [4.78, 5) is 22.7. The Morgan fingerprint density at radius 2 is 1.60 bits per heavy atom. The normalized spacial score (nSPS) is 9.87. The summed E-state index contributed by atoms with van der Waals surface area (Å²) in [6.45, 7) is 0. The van der Waals surface area contributed by atoms with Gasteiger partial charge in [0.1, 0.15) is 6.29 Å². The first-order valence-electron chi connectivity index (χ1n) is 4.44. The number of carbonyl (C=O) groups is 2. The molecule has 0 aliphatic heterocycles. The number of rotatable bonds is 3. The molecular weight excluding hydrogens is 208 g/mol. The average molecular weight is 216 g/mol. The quantitative estimate of drug-likeness (QED) is 0.739. The van der Waals surface area contributed by atoms with E-state index in [0.29, 0.717) is 10.4 Å². The molecule has 0 aliphatic carbocycles. The van der Waals surface area contributed by atoms with Crippen LogP contribution < -0.4 is 0 Å². The van der Waals surface area contributed by atoms with Crippen molar-refractivity contribution in [1.29, 1.82) is 0 Å². The van der Waals surface area contributed by atoms with E-state index >= 15 is 0 Å². The zero-order valence-electron chi connectivity index (χ0n) is 7.84. The van der Waals surface area contributed by atoms with E-state index in [0.717, 1.165) is 23.0 Å². The number of carbonyl (C=O) groups excluding carboxylic acids is 2. The van der Waals surface area contributed by atoms with Gasteiger partial charge in [-0.3, -0.25) is 9.59 Å². The van der Waals surface area contributed by atoms with Crippen LogP contribution in [0.5, 0.6) is 0 Å². The molecule has 1 heterocycles. The Kier molecular flexibility index (Phi) is 2.74. The fourth-order valence-corrected chi connectivity index (χ4v) is 2.13. The van der Waals surface area contributed by atoms with Gasteiger partial charge >= 0.3 is 0 Å². The maximum absolute atomic E-state index is 10.5. The van der Waals surface area contributed by atoms with Crippen LogP contribution in [-0.4, -0.2) is 12.6 Å². The van der Waals surface area contributed by atoms with Crippen LogP contribution in [0.15, 0.2) is 36.4 Å². The third-order valence-corrected chi connectivity index (χ3v) is 3.13. The number of hydrogen-bond donors (Lipinski definition) is 0. The molecule has 3 heteroatoms. The van der Waals surface area contributed by atoms with Crippen molar-refractivity contribution >= 4 is 23.9 Å². The summed E-state index contributed by atoms with van der Waals surface area (Å²) in [5.74, 6) is 0. The monoisotopic (exact) mass is 216 g/mol. The van der Waals surface area contributed by atoms with Crippen molar-refractivity contribution in [3.63, 3.8) is 0 Å². The third-order valence-electron chi connectivity index (χ3n) is 2.07. The van der Waals surface area contributed by atoms with Crippen molar-refractivity contribution in [3.05, 3.63) is 46.8 Å². The lowest BCUT2D eigenvalue weighted by molar-refractivity contribution is 0.111. The van der Waals surface area contributed by atoms with E-state index in [2.05, 4.69) is 0 Å². The molecule has 15 heavy (non-hydrogen) atoms. The summed E-state index contributed by atoms with van der Waals surface area (Å²) in [7, 11) is 0. The highest BCUT2D eigenvalue weighted by Crippen LogP contribution is 2.27. The van der Waals surface area contributed by atoms with Gasteiger partial charge in [0.25, 0.3) is 0 Å². The highest BCUT2D eigenvalue weighted by Gasteiger charge is 2.01. The molecule has 0 saturated carbocycles. The highest BCUT2D eigenvalue weighted by atomic mass is 32.1. The minimum Gasteiger partial charge on any atom is -0.298 e. The van der Waals surface area contributed by atoms with Crippen molar-refractivity contribution < 1.29 is 9.59 Å². The number of thiophene rings is 1. The van der Waals surface area contributed by atoms with Gasteiger partial charge < -0.3 is 0 Å². The minimum atomic E-state index is 0.658. The van der Waals surface area contributed by atoms with Crippen molar-refractivity contribution in [2.45, 2.75) is 0 Å². The van der Waals surface area contributed by atoms with E-state index in [4.69, 9.17) is 0 Å². The molecule has 1 aromatic heterocycles. The summed E-state index contributed by atoms with van der Waals surface area (Å²) >= 11 is 1.44. The van der Waals surface area contributed by atoms with Gasteiger partial charge in [0, 0.05) is 10.4 Å². The van der Waals surface area contributed by atoms with Crippen LogP contribution in [0.2, 0.25) is 0 Å². The van der Waals surface area contributed by atoms with E-state index in [-0.39, 0.29) is 0 Å². The van der Waals surface area contributed by atoms with E-state index in [1.54, 1.807) is 18.2 Å². The maximum Gasteiger partial charge on any atom is 0.160 e. The molecule has 0 fully saturated rings. The highest BCUT2D eigenvalue weighted by molar-refractivity contribution is 7.17. The summed E-state index contributed by atoms with van der Waals surface area (Å²) in [5.41, 5.74) is 1.68. The largest absolute Gasteiger partial charge is 0.298 e. The van der Waals surface area contributed by atoms with Crippen LogP contribution in [0, 0.1) is 0 Å². The van der Waals surface area contributed by atoms with Crippen LogP contribution in [0.1, 0.15) is 20.0 Å². The zero-order valence-corrected chi connectivity index (χ0v) is 8.66. The Morgan fingerprint density at radius 3 is 2.13 bits per heavy atom. The van der Waals surface area contributed by atoms with Gasteiger partial charge in [0.05, 0.1) is 4.88 Å². The topological polar surface area (TPSA) is 34.1 Å². The molecular formula is C12H8O2S. The minimum absolute atomic E-state index is 0.658. The molecule has 0 bridgehead atoms. The van der Waals surface area contributed by atoms with Crippen LogP contribution in [-0.2, 0) is 0 Å². The molecule has 74 valence electrons. The first-order chi connectivity index (χ1) is 7.33. The Labute approximate surface area is 91.2 Å². The maximum atomic E-state index is 10.5. The lowest BCUT2D eigenvalue weighted by Gasteiger charge is -1.96. The first kappa shape index (κ1) is 9.80. The summed E-state index contributed by atoms with van der Waals surface area (Å²) < 4.78 is 0. The molecule has 2 rings (SSSR count).